The number of hydrogen-bond donors (Lipinski definition) is 1. The number of carbonyl (C=O) groups is 1. The standard InChI is InChI=1S/C21H17F4N3O2S/c1-2-30-16-9-5-14(6-10-16)18(29)11-19(21(23,24)25)27-28-20-26-17(12-31-20)13-3-7-15(22)8-4-13/h3-10,12H,2,11H2,1H3,(H,26,28). The van der Waals surface area contributed by atoms with Crippen LogP contribution in [0, 0.1) is 5.82 Å². The number of thiazole rings is 1. The van der Waals surface area contributed by atoms with Crippen molar-refractivity contribution in [1.82, 2.24) is 4.98 Å². The Morgan fingerprint density at radius 3 is 2.42 bits per heavy atom. The minimum Gasteiger partial charge on any atom is -0.494 e. The first-order valence-corrected chi connectivity index (χ1v) is 10.0. The number of aromatic nitrogens is 1. The first kappa shape index (κ1) is 22.4. The van der Waals surface area contributed by atoms with Gasteiger partial charge in [-0.15, -0.1) is 11.3 Å². The summed E-state index contributed by atoms with van der Waals surface area (Å²) in [5, 5.41) is 5.09. The lowest BCUT2D eigenvalue weighted by molar-refractivity contribution is -0.0602. The van der Waals surface area contributed by atoms with Gasteiger partial charge in [0, 0.05) is 16.5 Å². The summed E-state index contributed by atoms with van der Waals surface area (Å²) in [6.45, 7) is 2.23. The number of ketones is 1. The Balaban J connectivity index is 1.72. The summed E-state index contributed by atoms with van der Waals surface area (Å²) in [6.07, 6.45) is -5.73. The van der Waals surface area contributed by atoms with Crippen LogP contribution in [-0.4, -0.2) is 29.3 Å². The van der Waals surface area contributed by atoms with Gasteiger partial charge in [-0.2, -0.15) is 18.3 Å². The predicted octanol–water partition coefficient (Wildman–Crippen LogP) is 5.95. The van der Waals surface area contributed by atoms with E-state index in [0.29, 0.717) is 23.6 Å². The molecule has 0 fully saturated rings. The zero-order valence-corrected chi connectivity index (χ0v) is 17.1. The average molecular weight is 451 g/mol. The van der Waals surface area contributed by atoms with Gasteiger partial charge in [-0.05, 0) is 55.5 Å². The first-order chi connectivity index (χ1) is 14.8. The molecule has 0 spiro atoms. The van der Waals surface area contributed by atoms with Crippen molar-refractivity contribution >= 4 is 28.0 Å². The number of carbonyl (C=O) groups excluding carboxylic acids is 1. The molecule has 0 atom stereocenters. The van der Waals surface area contributed by atoms with Gasteiger partial charge in [-0.25, -0.2) is 9.37 Å². The van der Waals surface area contributed by atoms with E-state index < -0.39 is 29.9 Å². The first-order valence-electron chi connectivity index (χ1n) is 9.13. The molecule has 0 aliphatic rings. The van der Waals surface area contributed by atoms with E-state index in [0.717, 1.165) is 11.3 Å². The highest BCUT2D eigenvalue weighted by molar-refractivity contribution is 7.14. The molecule has 3 aromatic rings. The van der Waals surface area contributed by atoms with Crippen molar-refractivity contribution in [3.63, 3.8) is 0 Å². The van der Waals surface area contributed by atoms with Gasteiger partial charge < -0.3 is 4.74 Å². The van der Waals surface area contributed by atoms with E-state index in [2.05, 4.69) is 15.5 Å². The minimum atomic E-state index is -4.80. The van der Waals surface area contributed by atoms with Crippen molar-refractivity contribution in [3.8, 4) is 17.0 Å². The number of hydrogen-bond acceptors (Lipinski definition) is 6. The summed E-state index contributed by atoms with van der Waals surface area (Å²) in [6, 6.07) is 11.4. The Labute approximate surface area is 179 Å². The Hall–Kier alpha value is -3.27. The van der Waals surface area contributed by atoms with Gasteiger partial charge in [0.15, 0.2) is 5.78 Å². The molecule has 31 heavy (non-hydrogen) atoms. The highest BCUT2D eigenvalue weighted by Gasteiger charge is 2.37. The number of nitrogens with zero attached hydrogens (tertiary/aromatic N) is 2. The maximum atomic E-state index is 13.4. The van der Waals surface area contributed by atoms with Gasteiger partial charge in [-0.3, -0.25) is 10.2 Å². The molecule has 0 saturated heterocycles. The number of ether oxygens (including phenoxy) is 1. The molecule has 0 radical (unpaired) electrons. The number of benzene rings is 2. The largest absolute Gasteiger partial charge is 0.494 e. The van der Waals surface area contributed by atoms with Crippen LogP contribution in [0.25, 0.3) is 11.3 Å². The summed E-state index contributed by atoms with van der Waals surface area (Å²) >= 11 is 1.03. The molecule has 0 bridgehead atoms. The van der Waals surface area contributed by atoms with Crippen molar-refractivity contribution in [2.45, 2.75) is 19.5 Å². The number of nitrogens with one attached hydrogen (secondary N) is 1. The monoisotopic (exact) mass is 451 g/mol. The highest BCUT2D eigenvalue weighted by Crippen LogP contribution is 2.26. The second kappa shape index (κ2) is 9.69. The van der Waals surface area contributed by atoms with E-state index in [-0.39, 0.29) is 10.7 Å². The van der Waals surface area contributed by atoms with Crippen LogP contribution in [-0.2, 0) is 0 Å². The lowest BCUT2D eigenvalue weighted by atomic mass is 10.1. The van der Waals surface area contributed by atoms with Gasteiger partial charge in [0.2, 0.25) is 5.13 Å². The second-order valence-electron chi connectivity index (χ2n) is 6.27. The van der Waals surface area contributed by atoms with Crippen LogP contribution in [0.15, 0.2) is 59.0 Å². The molecule has 162 valence electrons. The summed E-state index contributed by atoms with van der Waals surface area (Å²) in [5.74, 6) is -0.618. The van der Waals surface area contributed by atoms with Crippen molar-refractivity contribution < 1.29 is 27.1 Å². The van der Waals surface area contributed by atoms with E-state index in [1.54, 1.807) is 12.3 Å². The molecule has 10 heteroatoms. The number of anilines is 1. The number of alkyl halides is 3. The van der Waals surface area contributed by atoms with Crippen LogP contribution in [0.3, 0.4) is 0 Å². The van der Waals surface area contributed by atoms with Crippen LogP contribution in [0.4, 0.5) is 22.7 Å². The average Bonchev–Trinajstić information content (AvgIpc) is 3.20. The summed E-state index contributed by atoms with van der Waals surface area (Å²) in [7, 11) is 0. The Morgan fingerprint density at radius 1 is 1.13 bits per heavy atom. The third kappa shape index (κ3) is 6.11. The fourth-order valence-electron chi connectivity index (χ4n) is 2.55. The maximum Gasteiger partial charge on any atom is 0.431 e. The molecule has 0 saturated carbocycles. The van der Waals surface area contributed by atoms with Gasteiger partial charge in [0.1, 0.15) is 17.3 Å². The van der Waals surface area contributed by atoms with Crippen molar-refractivity contribution in [1.29, 1.82) is 0 Å². The number of rotatable bonds is 8. The molecule has 0 aliphatic heterocycles. The van der Waals surface area contributed by atoms with E-state index in [4.69, 9.17) is 4.74 Å². The second-order valence-corrected chi connectivity index (χ2v) is 7.13. The predicted molar refractivity (Wildman–Crippen MR) is 111 cm³/mol. The van der Waals surface area contributed by atoms with E-state index >= 15 is 0 Å². The summed E-state index contributed by atoms with van der Waals surface area (Å²) in [5.41, 5.74) is 2.18. The van der Waals surface area contributed by atoms with Crippen molar-refractivity contribution in [2.75, 3.05) is 12.0 Å². The molecule has 0 aliphatic carbocycles. The molecule has 1 aromatic heterocycles. The van der Waals surface area contributed by atoms with Crippen LogP contribution < -0.4 is 10.2 Å². The van der Waals surface area contributed by atoms with Gasteiger partial charge in [0.05, 0.1) is 18.7 Å². The van der Waals surface area contributed by atoms with Crippen molar-refractivity contribution in [2.24, 2.45) is 5.10 Å². The highest BCUT2D eigenvalue weighted by atomic mass is 32.1. The smallest absolute Gasteiger partial charge is 0.431 e. The third-order valence-corrected chi connectivity index (χ3v) is 4.82. The third-order valence-electron chi connectivity index (χ3n) is 4.07. The molecule has 3 rings (SSSR count). The lowest BCUT2D eigenvalue weighted by Crippen LogP contribution is -2.27. The van der Waals surface area contributed by atoms with E-state index in [1.165, 1.54) is 48.5 Å². The van der Waals surface area contributed by atoms with E-state index in [9.17, 15) is 22.4 Å². The van der Waals surface area contributed by atoms with Crippen LogP contribution >= 0.6 is 11.3 Å². The Bertz CT molecular complexity index is 1060. The SMILES string of the molecule is CCOc1ccc(C(=O)CC(=NNc2nc(-c3ccc(F)cc3)cs2)C(F)(F)F)cc1. The maximum absolute atomic E-state index is 13.4. The van der Waals surface area contributed by atoms with E-state index in [1.807, 2.05) is 0 Å². The minimum absolute atomic E-state index is 0.106. The topological polar surface area (TPSA) is 63.6 Å². The molecular formula is C21H17F4N3O2S. The van der Waals surface area contributed by atoms with Crippen LogP contribution in [0.2, 0.25) is 0 Å². The summed E-state index contributed by atoms with van der Waals surface area (Å²) < 4.78 is 58.4. The number of halogens is 4. The zero-order valence-electron chi connectivity index (χ0n) is 16.2. The molecule has 0 unspecified atom stereocenters. The van der Waals surface area contributed by atoms with Crippen LogP contribution in [0.5, 0.6) is 5.75 Å². The molecule has 0 amide bonds. The number of hydrazone groups is 1. The number of Topliss-reactive ketones (excluding diaryl/α,β-unsaturated/α-hetero) is 1. The fourth-order valence-corrected chi connectivity index (χ4v) is 3.22. The van der Waals surface area contributed by atoms with Gasteiger partial charge >= 0.3 is 6.18 Å². The quantitative estimate of drug-likeness (QED) is 0.199. The molecule has 1 N–H and O–H groups in total. The van der Waals surface area contributed by atoms with Crippen LogP contribution in [0.1, 0.15) is 23.7 Å². The lowest BCUT2D eigenvalue weighted by Gasteiger charge is -2.10. The van der Waals surface area contributed by atoms with Crippen molar-refractivity contribution in [3.05, 3.63) is 65.3 Å². The molecule has 1 heterocycles. The molecular weight excluding hydrogens is 434 g/mol. The normalized spacial score (nSPS) is 12.0. The molecule has 2 aromatic carbocycles. The zero-order chi connectivity index (χ0) is 22.4. The fraction of sp³-hybridized carbons (Fsp3) is 0.190. The Morgan fingerprint density at radius 2 is 1.81 bits per heavy atom. The summed E-state index contributed by atoms with van der Waals surface area (Å²) in [4.78, 5) is 16.4. The molecule has 5 nitrogen and oxygen atoms in total. The Kier molecular flexibility index (Phi) is 7.01. The van der Waals surface area contributed by atoms with Gasteiger partial charge in [-0.1, -0.05) is 0 Å². The van der Waals surface area contributed by atoms with Gasteiger partial charge in [0.25, 0.3) is 0 Å².